The molecule has 0 bridgehead atoms. The fourth-order valence-corrected chi connectivity index (χ4v) is 5.05. The van der Waals surface area contributed by atoms with Crippen LogP contribution in [-0.2, 0) is 16.1 Å². The lowest BCUT2D eigenvalue weighted by molar-refractivity contribution is -0.116. The van der Waals surface area contributed by atoms with Crippen LogP contribution in [0.1, 0.15) is 40.3 Å². The molecule has 6 rings (SSSR count). The van der Waals surface area contributed by atoms with Crippen molar-refractivity contribution in [2.45, 2.75) is 24.9 Å². The van der Waals surface area contributed by atoms with Crippen LogP contribution in [0.5, 0.6) is 0 Å². The number of fused-ring (bicyclic) bond motifs is 1. The first-order chi connectivity index (χ1) is 18.2. The zero-order valence-electron chi connectivity index (χ0n) is 20.6. The molecule has 186 valence electrons. The number of aromatic amines is 1. The summed E-state index contributed by atoms with van der Waals surface area (Å²) in [7, 11) is 0. The van der Waals surface area contributed by atoms with Gasteiger partial charge in [0, 0.05) is 42.6 Å². The molecule has 2 aliphatic heterocycles. The highest BCUT2D eigenvalue weighted by Gasteiger charge is 2.29. The monoisotopic (exact) mass is 490 g/mol. The first-order valence-corrected chi connectivity index (χ1v) is 12.8. The topological polar surface area (TPSA) is 79.0 Å². The van der Waals surface area contributed by atoms with Crippen molar-refractivity contribution in [2.75, 3.05) is 19.8 Å². The molecule has 1 unspecified atom stereocenters. The average molecular weight is 491 g/mol. The second kappa shape index (κ2) is 10.5. The third kappa shape index (κ3) is 5.26. The van der Waals surface area contributed by atoms with Gasteiger partial charge in [0.05, 0.1) is 17.8 Å². The largest absolute Gasteiger partial charge is 0.380 e. The Bertz CT molecular complexity index is 1450. The predicted molar refractivity (Wildman–Crippen MR) is 148 cm³/mol. The SMILES string of the molecule is O=C1NCC(c2ccccc2)/C1=C\c1ccc2c(/C=C/c3ccc(CN[C@H]4CCOC4)cc3)n[nH]c2c1. The molecule has 0 aliphatic carbocycles. The van der Waals surface area contributed by atoms with Crippen LogP contribution in [0.2, 0.25) is 0 Å². The first-order valence-electron chi connectivity index (χ1n) is 12.8. The smallest absolute Gasteiger partial charge is 0.247 e. The van der Waals surface area contributed by atoms with Gasteiger partial charge in [-0.05, 0) is 53.0 Å². The quantitative estimate of drug-likeness (QED) is 0.322. The highest BCUT2D eigenvalue weighted by atomic mass is 16.5. The predicted octanol–water partition coefficient (Wildman–Crippen LogP) is 4.91. The van der Waals surface area contributed by atoms with Crippen LogP contribution in [0.4, 0.5) is 0 Å². The highest BCUT2D eigenvalue weighted by molar-refractivity contribution is 6.02. The average Bonchev–Trinajstić information content (AvgIpc) is 3.68. The maximum Gasteiger partial charge on any atom is 0.247 e. The van der Waals surface area contributed by atoms with Crippen molar-refractivity contribution in [1.82, 2.24) is 20.8 Å². The molecule has 0 spiro atoms. The minimum Gasteiger partial charge on any atom is -0.380 e. The van der Waals surface area contributed by atoms with E-state index in [-0.39, 0.29) is 11.8 Å². The molecule has 1 amide bonds. The number of ether oxygens (including phenoxy) is 1. The van der Waals surface area contributed by atoms with Crippen molar-refractivity contribution in [3.05, 3.63) is 106 Å². The van der Waals surface area contributed by atoms with Crippen molar-refractivity contribution in [2.24, 2.45) is 0 Å². The number of hydrogen-bond acceptors (Lipinski definition) is 4. The zero-order valence-corrected chi connectivity index (χ0v) is 20.6. The number of nitrogens with one attached hydrogen (secondary N) is 3. The van der Waals surface area contributed by atoms with E-state index in [2.05, 4.69) is 75.4 Å². The van der Waals surface area contributed by atoms with Crippen molar-refractivity contribution in [1.29, 1.82) is 0 Å². The Morgan fingerprint density at radius 1 is 1.00 bits per heavy atom. The summed E-state index contributed by atoms with van der Waals surface area (Å²) in [5.41, 5.74) is 7.15. The van der Waals surface area contributed by atoms with Crippen molar-refractivity contribution >= 4 is 35.0 Å². The lowest BCUT2D eigenvalue weighted by Crippen LogP contribution is -2.28. The van der Waals surface area contributed by atoms with Gasteiger partial charge in [0.25, 0.3) is 0 Å². The summed E-state index contributed by atoms with van der Waals surface area (Å²) in [6, 6.07) is 25.4. The summed E-state index contributed by atoms with van der Waals surface area (Å²) >= 11 is 0. The maximum absolute atomic E-state index is 12.6. The number of nitrogens with zero attached hydrogens (tertiary/aromatic N) is 1. The Morgan fingerprint density at radius 3 is 2.65 bits per heavy atom. The molecule has 0 radical (unpaired) electrons. The van der Waals surface area contributed by atoms with Gasteiger partial charge in [-0.3, -0.25) is 9.89 Å². The molecule has 3 N–H and O–H groups in total. The second-order valence-electron chi connectivity index (χ2n) is 9.70. The summed E-state index contributed by atoms with van der Waals surface area (Å²) in [5.74, 6) is 0.0556. The van der Waals surface area contributed by atoms with Crippen LogP contribution >= 0.6 is 0 Å². The Balaban J connectivity index is 1.16. The number of benzene rings is 3. The molecule has 2 saturated heterocycles. The van der Waals surface area contributed by atoms with Crippen LogP contribution in [-0.4, -0.2) is 41.9 Å². The molecule has 2 aliphatic rings. The molecule has 2 atom stereocenters. The van der Waals surface area contributed by atoms with Gasteiger partial charge in [-0.1, -0.05) is 66.7 Å². The molecule has 4 aromatic rings. The van der Waals surface area contributed by atoms with Gasteiger partial charge < -0.3 is 15.4 Å². The minimum absolute atomic E-state index is 0.00321. The van der Waals surface area contributed by atoms with Crippen molar-refractivity contribution in [3.63, 3.8) is 0 Å². The Morgan fingerprint density at radius 2 is 1.84 bits per heavy atom. The molecule has 6 nitrogen and oxygen atoms in total. The van der Waals surface area contributed by atoms with E-state index in [1.807, 2.05) is 36.4 Å². The third-order valence-corrected chi connectivity index (χ3v) is 7.18. The van der Waals surface area contributed by atoms with Gasteiger partial charge in [0.1, 0.15) is 0 Å². The molecular weight excluding hydrogens is 460 g/mol. The van der Waals surface area contributed by atoms with Crippen LogP contribution in [0.25, 0.3) is 29.1 Å². The summed E-state index contributed by atoms with van der Waals surface area (Å²) in [4.78, 5) is 12.6. The Hall–Kier alpha value is -4.00. The molecule has 3 heterocycles. The van der Waals surface area contributed by atoms with Gasteiger partial charge in [0.15, 0.2) is 0 Å². The van der Waals surface area contributed by atoms with E-state index in [1.165, 1.54) is 5.56 Å². The number of aromatic nitrogens is 2. The molecule has 1 aromatic heterocycles. The second-order valence-corrected chi connectivity index (χ2v) is 9.70. The third-order valence-electron chi connectivity index (χ3n) is 7.18. The number of carbonyl (C=O) groups excluding carboxylic acids is 1. The summed E-state index contributed by atoms with van der Waals surface area (Å²) in [6.45, 7) is 3.15. The number of carbonyl (C=O) groups is 1. The lowest BCUT2D eigenvalue weighted by atomic mass is 9.92. The van der Waals surface area contributed by atoms with E-state index in [4.69, 9.17) is 4.74 Å². The molecule has 2 fully saturated rings. The van der Waals surface area contributed by atoms with E-state index < -0.39 is 0 Å². The van der Waals surface area contributed by atoms with E-state index in [0.717, 1.165) is 65.0 Å². The number of H-pyrrole nitrogens is 1. The van der Waals surface area contributed by atoms with Crippen LogP contribution in [0.15, 0.2) is 78.4 Å². The maximum atomic E-state index is 12.6. The van der Waals surface area contributed by atoms with Gasteiger partial charge in [-0.2, -0.15) is 5.10 Å². The number of hydrogen-bond donors (Lipinski definition) is 3. The number of rotatable bonds is 7. The lowest BCUT2D eigenvalue weighted by Gasteiger charge is -2.10. The Kier molecular flexibility index (Phi) is 6.67. The normalized spacial score (nSPS) is 20.9. The number of amides is 1. The van der Waals surface area contributed by atoms with Gasteiger partial charge in [-0.15, -0.1) is 0 Å². The van der Waals surface area contributed by atoms with E-state index >= 15 is 0 Å². The molecule has 3 aromatic carbocycles. The standard InChI is InChI=1S/C31H30N4O2/c36-31-27(28(19-33-31)24-4-2-1-3-5-24)16-23-10-12-26-29(34-35-30(26)17-23)13-11-21-6-8-22(9-7-21)18-32-25-14-15-37-20-25/h1-13,16-17,25,28,32H,14-15,18-20H2,(H,33,36)(H,34,35)/b13-11+,27-16+/t25-,28?/m0/s1. The minimum atomic E-state index is -0.00321. The Labute approximate surface area is 216 Å². The van der Waals surface area contributed by atoms with E-state index in [1.54, 1.807) is 0 Å². The fourth-order valence-electron chi connectivity index (χ4n) is 5.05. The zero-order chi connectivity index (χ0) is 25.0. The fraction of sp³-hybridized carbons (Fsp3) is 0.226. The highest BCUT2D eigenvalue weighted by Crippen LogP contribution is 2.30. The summed E-state index contributed by atoms with van der Waals surface area (Å²) in [6.07, 6.45) is 7.20. The molecule has 6 heteroatoms. The van der Waals surface area contributed by atoms with Gasteiger partial charge >= 0.3 is 0 Å². The summed E-state index contributed by atoms with van der Waals surface area (Å²) in [5, 5.41) is 15.3. The van der Waals surface area contributed by atoms with Crippen molar-refractivity contribution < 1.29 is 9.53 Å². The van der Waals surface area contributed by atoms with Crippen molar-refractivity contribution in [3.8, 4) is 0 Å². The summed E-state index contributed by atoms with van der Waals surface area (Å²) < 4.78 is 5.42. The van der Waals surface area contributed by atoms with E-state index in [9.17, 15) is 4.79 Å². The first kappa shape index (κ1) is 23.4. The van der Waals surface area contributed by atoms with Crippen LogP contribution in [0, 0.1) is 0 Å². The van der Waals surface area contributed by atoms with E-state index in [0.29, 0.717) is 12.6 Å². The van der Waals surface area contributed by atoms with Crippen LogP contribution in [0.3, 0.4) is 0 Å². The molecule has 0 saturated carbocycles. The molecule has 37 heavy (non-hydrogen) atoms. The van der Waals surface area contributed by atoms with Gasteiger partial charge in [-0.25, -0.2) is 0 Å². The van der Waals surface area contributed by atoms with Gasteiger partial charge in [0.2, 0.25) is 5.91 Å². The van der Waals surface area contributed by atoms with Crippen LogP contribution < -0.4 is 10.6 Å². The molecular formula is C31H30N4O2.